The monoisotopic (exact) mass is 413 g/mol. The summed E-state index contributed by atoms with van der Waals surface area (Å²) in [6, 6.07) is 8.51. The molecule has 27 heavy (non-hydrogen) atoms. The molecule has 0 saturated carbocycles. The third-order valence-corrected chi connectivity index (χ3v) is 4.06. The molecule has 0 saturated heterocycles. The van der Waals surface area contributed by atoms with Gasteiger partial charge in [0.05, 0.1) is 22.3 Å². The van der Waals surface area contributed by atoms with Crippen molar-refractivity contribution < 1.29 is 18.3 Å². The number of hydrogen-bond donors (Lipinski definition) is 1. The first kappa shape index (κ1) is 19.1. The molecule has 0 aliphatic heterocycles. The molecule has 0 radical (unpaired) electrons. The van der Waals surface area contributed by atoms with Crippen LogP contribution in [0.15, 0.2) is 47.5 Å². The molecule has 1 heterocycles. The summed E-state index contributed by atoms with van der Waals surface area (Å²) in [6.07, 6.45) is 1.25. The van der Waals surface area contributed by atoms with Crippen LogP contribution < -0.4 is 15.6 Å². The Morgan fingerprint density at radius 2 is 2.00 bits per heavy atom. The second-order valence-corrected chi connectivity index (χ2v) is 6.25. The van der Waals surface area contributed by atoms with Crippen LogP contribution in [-0.2, 0) is 11.3 Å². The van der Waals surface area contributed by atoms with Crippen molar-refractivity contribution in [3.63, 3.8) is 0 Å². The molecule has 0 aliphatic carbocycles. The minimum atomic E-state index is -3.01. The lowest BCUT2D eigenvalue weighted by Crippen LogP contribution is -2.27. The predicted molar refractivity (Wildman–Crippen MR) is 97.7 cm³/mol. The Morgan fingerprint density at radius 1 is 1.22 bits per heavy atom. The number of halogens is 4. The van der Waals surface area contributed by atoms with E-state index in [4.69, 9.17) is 23.2 Å². The Balaban J connectivity index is 1.76. The summed E-state index contributed by atoms with van der Waals surface area (Å²) in [5.41, 5.74) is 0.301. The quantitative estimate of drug-likeness (QED) is 0.687. The number of nitrogens with zero attached hydrogens (tertiary/aromatic N) is 2. The van der Waals surface area contributed by atoms with Gasteiger partial charge in [0.1, 0.15) is 12.3 Å². The van der Waals surface area contributed by atoms with Crippen molar-refractivity contribution in [2.45, 2.75) is 13.2 Å². The summed E-state index contributed by atoms with van der Waals surface area (Å²) in [7, 11) is 0. The van der Waals surface area contributed by atoms with Crippen molar-refractivity contribution in [2.75, 3.05) is 5.32 Å². The lowest BCUT2D eigenvalue weighted by Gasteiger charge is -2.10. The van der Waals surface area contributed by atoms with Crippen molar-refractivity contribution in [3.8, 4) is 5.75 Å². The number of nitrogens with one attached hydrogen (secondary N) is 1. The van der Waals surface area contributed by atoms with E-state index in [0.717, 1.165) is 4.57 Å². The van der Waals surface area contributed by atoms with E-state index < -0.39 is 18.1 Å². The molecule has 1 N–H and O–H groups in total. The van der Waals surface area contributed by atoms with Gasteiger partial charge in [-0.05, 0) is 36.4 Å². The van der Waals surface area contributed by atoms with Crippen molar-refractivity contribution in [3.05, 3.63) is 63.1 Å². The molecule has 6 nitrogen and oxygen atoms in total. The largest absolute Gasteiger partial charge is 0.433 e. The minimum Gasteiger partial charge on any atom is -0.433 e. The van der Waals surface area contributed by atoms with Crippen molar-refractivity contribution in [2.24, 2.45) is 0 Å². The molecule has 140 valence electrons. The van der Waals surface area contributed by atoms with E-state index in [1.165, 1.54) is 30.6 Å². The van der Waals surface area contributed by atoms with Gasteiger partial charge < -0.3 is 10.1 Å². The molecule has 0 aliphatic rings. The maximum Gasteiger partial charge on any atom is 0.387 e. The number of hydrogen-bond acceptors (Lipinski definition) is 4. The predicted octanol–water partition coefficient (Wildman–Crippen LogP) is 3.94. The number of carbonyl (C=O) groups is 1. The molecule has 1 amide bonds. The van der Waals surface area contributed by atoms with Crippen LogP contribution in [0.4, 0.5) is 14.5 Å². The molecule has 3 rings (SSSR count). The van der Waals surface area contributed by atoms with Gasteiger partial charge >= 0.3 is 6.61 Å². The molecule has 3 aromatic rings. The van der Waals surface area contributed by atoms with Gasteiger partial charge in [-0.3, -0.25) is 14.2 Å². The van der Waals surface area contributed by atoms with E-state index in [1.807, 2.05) is 0 Å². The summed E-state index contributed by atoms with van der Waals surface area (Å²) in [5.74, 6) is -0.740. The Labute approximate surface area is 161 Å². The number of benzene rings is 2. The SMILES string of the molecule is O=C(Cn1cnc2ccc(Cl)cc2c1=O)Nc1ccc(OC(F)F)c(Cl)c1. The van der Waals surface area contributed by atoms with E-state index >= 15 is 0 Å². The number of carbonyl (C=O) groups excluding carboxylic acids is 1. The van der Waals surface area contributed by atoms with E-state index in [0.29, 0.717) is 10.5 Å². The topological polar surface area (TPSA) is 73.2 Å². The molecule has 0 spiro atoms. The molecule has 0 bridgehead atoms. The molecule has 0 unspecified atom stereocenters. The van der Waals surface area contributed by atoms with Gasteiger partial charge in [-0.2, -0.15) is 8.78 Å². The van der Waals surface area contributed by atoms with Crippen LogP contribution in [-0.4, -0.2) is 22.1 Å². The van der Waals surface area contributed by atoms with Gasteiger partial charge in [0, 0.05) is 10.7 Å². The summed E-state index contributed by atoms with van der Waals surface area (Å²) in [5, 5.41) is 3.09. The zero-order valence-corrected chi connectivity index (χ0v) is 15.0. The van der Waals surface area contributed by atoms with Crippen LogP contribution >= 0.6 is 23.2 Å². The van der Waals surface area contributed by atoms with Crippen molar-refractivity contribution in [1.29, 1.82) is 0 Å². The third kappa shape index (κ3) is 4.53. The molecular formula is C17H11Cl2F2N3O3. The highest BCUT2D eigenvalue weighted by molar-refractivity contribution is 6.32. The van der Waals surface area contributed by atoms with E-state index in [2.05, 4.69) is 15.0 Å². The average Bonchev–Trinajstić information content (AvgIpc) is 2.60. The zero-order chi connectivity index (χ0) is 19.6. The fourth-order valence-corrected chi connectivity index (χ4v) is 2.77. The number of anilines is 1. The van der Waals surface area contributed by atoms with Gasteiger partial charge in [0.2, 0.25) is 5.91 Å². The smallest absolute Gasteiger partial charge is 0.387 e. The Morgan fingerprint density at radius 3 is 2.70 bits per heavy atom. The first-order chi connectivity index (χ1) is 12.8. The number of fused-ring (bicyclic) bond motifs is 1. The molecule has 2 aromatic carbocycles. The maximum atomic E-state index is 12.4. The normalized spacial score (nSPS) is 11.0. The number of amides is 1. The van der Waals surface area contributed by atoms with Crippen LogP contribution in [0.2, 0.25) is 10.0 Å². The highest BCUT2D eigenvalue weighted by atomic mass is 35.5. The van der Waals surface area contributed by atoms with Gasteiger partial charge in [0.25, 0.3) is 5.56 Å². The van der Waals surface area contributed by atoms with Crippen LogP contribution in [0.25, 0.3) is 10.9 Å². The second-order valence-electron chi connectivity index (χ2n) is 5.41. The highest BCUT2D eigenvalue weighted by Gasteiger charge is 2.12. The fraction of sp³-hybridized carbons (Fsp3) is 0.118. The van der Waals surface area contributed by atoms with Crippen molar-refractivity contribution in [1.82, 2.24) is 9.55 Å². The first-order valence-electron chi connectivity index (χ1n) is 7.52. The Hall–Kier alpha value is -2.71. The third-order valence-electron chi connectivity index (χ3n) is 3.53. The lowest BCUT2D eigenvalue weighted by molar-refractivity contribution is -0.116. The Kier molecular flexibility index (Phi) is 5.57. The molecule has 10 heteroatoms. The first-order valence-corrected chi connectivity index (χ1v) is 8.28. The standard InChI is InChI=1S/C17H11Cl2F2N3O3/c18-9-1-3-13-11(5-9)16(26)24(8-22-13)7-15(25)23-10-2-4-14(12(19)6-10)27-17(20)21/h1-6,8,17H,7H2,(H,23,25). The molecule has 0 fully saturated rings. The zero-order valence-electron chi connectivity index (χ0n) is 13.5. The molecule has 0 atom stereocenters. The summed E-state index contributed by atoms with van der Waals surface area (Å²) < 4.78 is 29.8. The summed E-state index contributed by atoms with van der Waals surface area (Å²) in [6.45, 7) is -3.31. The van der Waals surface area contributed by atoms with Gasteiger partial charge in [-0.1, -0.05) is 23.2 Å². The minimum absolute atomic E-state index is 0.0905. The number of alkyl halides is 2. The maximum absolute atomic E-state index is 12.4. The number of aromatic nitrogens is 2. The average molecular weight is 414 g/mol. The second kappa shape index (κ2) is 7.89. The van der Waals surface area contributed by atoms with Crippen molar-refractivity contribution >= 4 is 45.7 Å². The summed E-state index contributed by atoms with van der Waals surface area (Å²) in [4.78, 5) is 28.7. The van der Waals surface area contributed by atoms with Crippen LogP contribution in [0.3, 0.4) is 0 Å². The van der Waals surface area contributed by atoms with Crippen LogP contribution in [0.1, 0.15) is 0 Å². The van der Waals surface area contributed by atoms with E-state index in [9.17, 15) is 18.4 Å². The van der Waals surface area contributed by atoms with E-state index in [-0.39, 0.29) is 28.4 Å². The van der Waals surface area contributed by atoms with Crippen LogP contribution in [0.5, 0.6) is 5.75 Å². The summed E-state index contributed by atoms with van der Waals surface area (Å²) >= 11 is 11.7. The number of rotatable bonds is 5. The van der Waals surface area contributed by atoms with Gasteiger partial charge in [-0.25, -0.2) is 4.98 Å². The van der Waals surface area contributed by atoms with Gasteiger partial charge in [0.15, 0.2) is 0 Å². The molecular weight excluding hydrogens is 403 g/mol. The highest BCUT2D eigenvalue weighted by Crippen LogP contribution is 2.28. The lowest BCUT2D eigenvalue weighted by atomic mass is 10.2. The van der Waals surface area contributed by atoms with Gasteiger partial charge in [-0.15, -0.1) is 0 Å². The fourth-order valence-electron chi connectivity index (χ4n) is 2.37. The van der Waals surface area contributed by atoms with E-state index in [1.54, 1.807) is 12.1 Å². The number of ether oxygens (including phenoxy) is 1. The Bertz CT molecular complexity index is 1070. The molecule has 1 aromatic heterocycles. The van der Waals surface area contributed by atoms with Crippen LogP contribution in [0, 0.1) is 0 Å².